The van der Waals surface area contributed by atoms with E-state index in [4.69, 9.17) is 10.8 Å². The Morgan fingerprint density at radius 2 is 1.97 bits per heavy atom. The lowest BCUT2D eigenvalue weighted by molar-refractivity contribution is 0.198. The van der Waals surface area contributed by atoms with Gasteiger partial charge < -0.3 is 20.3 Å². The molecular weight excluding hydrogens is 382 g/mol. The van der Waals surface area contributed by atoms with Gasteiger partial charge in [0, 0.05) is 44.0 Å². The topological polar surface area (TPSA) is 118 Å². The molecule has 6 rings (SSSR count). The third-order valence-corrected chi connectivity index (χ3v) is 6.93. The third kappa shape index (κ3) is 2.75. The molecule has 1 aliphatic heterocycles. The first-order chi connectivity index (χ1) is 14.5. The number of aromatic nitrogens is 5. The highest BCUT2D eigenvalue weighted by Gasteiger charge is 2.43. The number of β-amino-alcohol motifs (C(OH)–C–C–N with tert-alkyl or cyclic N) is 1. The first-order valence-corrected chi connectivity index (χ1v) is 10.9. The standard InChI is InChI=1S/C21H27N7O2/c1-26-16(27-7-6-13(29)9-27)8-15(25-26)14-10-28(19(11-2-3-11)12-4-5-12)21(30)17-18(14)23-24-20(17)22/h8,10-13,19,29H,2-7,9H2,1H3,(H3,22,23,24)/t13-/m0/s1. The van der Waals surface area contributed by atoms with Crippen LogP contribution in [0.4, 0.5) is 11.6 Å². The number of rotatable bonds is 5. The highest BCUT2D eigenvalue weighted by Crippen LogP contribution is 2.52. The molecule has 158 valence electrons. The van der Waals surface area contributed by atoms with Gasteiger partial charge in [0.05, 0.1) is 17.3 Å². The van der Waals surface area contributed by atoms with E-state index in [-0.39, 0.29) is 23.5 Å². The van der Waals surface area contributed by atoms with Crippen LogP contribution in [0.15, 0.2) is 17.1 Å². The van der Waals surface area contributed by atoms with Crippen molar-refractivity contribution in [2.24, 2.45) is 18.9 Å². The van der Waals surface area contributed by atoms with Crippen molar-refractivity contribution in [2.45, 2.75) is 44.2 Å². The van der Waals surface area contributed by atoms with E-state index in [2.05, 4.69) is 15.1 Å². The fourth-order valence-electron chi connectivity index (χ4n) is 5.12. The van der Waals surface area contributed by atoms with Crippen molar-refractivity contribution >= 4 is 22.5 Å². The van der Waals surface area contributed by atoms with Gasteiger partial charge in [-0.1, -0.05) is 0 Å². The molecule has 3 fully saturated rings. The van der Waals surface area contributed by atoms with Gasteiger partial charge in [0.2, 0.25) is 0 Å². The Morgan fingerprint density at radius 1 is 1.23 bits per heavy atom. The summed E-state index contributed by atoms with van der Waals surface area (Å²) in [7, 11) is 1.91. The van der Waals surface area contributed by atoms with Crippen LogP contribution in [0.3, 0.4) is 0 Å². The van der Waals surface area contributed by atoms with Gasteiger partial charge in [-0.3, -0.25) is 14.6 Å². The zero-order valence-corrected chi connectivity index (χ0v) is 17.1. The Labute approximate surface area is 173 Å². The van der Waals surface area contributed by atoms with Crippen LogP contribution in [0.2, 0.25) is 0 Å². The summed E-state index contributed by atoms with van der Waals surface area (Å²) in [6, 6.07) is 2.27. The summed E-state index contributed by atoms with van der Waals surface area (Å²) in [5.74, 6) is 2.37. The number of nitrogen functional groups attached to an aromatic ring is 1. The molecule has 0 amide bonds. The Balaban J connectivity index is 1.51. The maximum atomic E-state index is 13.4. The molecule has 9 nitrogen and oxygen atoms in total. The van der Waals surface area contributed by atoms with E-state index >= 15 is 0 Å². The van der Waals surface area contributed by atoms with Crippen molar-refractivity contribution in [1.82, 2.24) is 24.5 Å². The monoisotopic (exact) mass is 409 g/mol. The van der Waals surface area contributed by atoms with Crippen LogP contribution in [-0.2, 0) is 7.05 Å². The van der Waals surface area contributed by atoms with Crippen molar-refractivity contribution in [1.29, 1.82) is 0 Å². The second-order valence-corrected chi connectivity index (χ2v) is 9.18. The average molecular weight is 409 g/mol. The van der Waals surface area contributed by atoms with Crippen LogP contribution < -0.4 is 16.2 Å². The zero-order valence-electron chi connectivity index (χ0n) is 17.1. The minimum absolute atomic E-state index is 0.0531. The maximum absolute atomic E-state index is 13.4. The molecule has 3 aromatic rings. The predicted molar refractivity (Wildman–Crippen MR) is 114 cm³/mol. The summed E-state index contributed by atoms with van der Waals surface area (Å²) in [5.41, 5.74) is 8.33. The van der Waals surface area contributed by atoms with Gasteiger partial charge in [-0.2, -0.15) is 10.2 Å². The van der Waals surface area contributed by atoms with Crippen molar-refractivity contribution in [3.8, 4) is 11.3 Å². The van der Waals surface area contributed by atoms with Crippen LogP contribution in [0.1, 0.15) is 38.1 Å². The number of aryl methyl sites for hydroxylation is 1. The molecule has 0 spiro atoms. The lowest BCUT2D eigenvalue weighted by Gasteiger charge is -2.20. The highest BCUT2D eigenvalue weighted by molar-refractivity contribution is 5.97. The van der Waals surface area contributed by atoms with Gasteiger partial charge in [0.15, 0.2) is 5.82 Å². The summed E-state index contributed by atoms with van der Waals surface area (Å²) >= 11 is 0. The first-order valence-electron chi connectivity index (χ1n) is 10.9. The van der Waals surface area contributed by atoms with Crippen molar-refractivity contribution in [2.75, 3.05) is 23.7 Å². The van der Waals surface area contributed by atoms with Gasteiger partial charge >= 0.3 is 0 Å². The molecule has 0 aromatic carbocycles. The van der Waals surface area contributed by atoms with Gasteiger partial charge in [-0.05, 0) is 43.9 Å². The molecule has 4 N–H and O–H groups in total. The quantitative estimate of drug-likeness (QED) is 0.590. The number of aliphatic hydroxyl groups excluding tert-OH is 1. The van der Waals surface area contributed by atoms with E-state index in [1.54, 1.807) is 0 Å². The molecule has 0 bridgehead atoms. The lowest BCUT2D eigenvalue weighted by atomic mass is 10.0. The number of nitrogens with zero attached hydrogens (tertiary/aromatic N) is 5. The molecule has 2 saturated carbocycles. The summed E-state index contributed by atoms with van der Waals surface area (Å²) in [5, 5.41) is 22.2. The van der Waals surface area contributed by atoms with Gasteiger partial charge in [-0.15, -0.1) is 0 Å². The molecule has 3 aliphatic rings. The van der Waals surface area contributed by atoms with Crippen LogP contribution >= 0.6 is 0 Å². The number of H-pyrrole nitrogens is 1. The molecule has 0 unspecified atom stereocenters. The molecule has 2 aliphatic carbocycles. The van der Waals surface area contributed by atoms with Crippen LogP contribution in [0.25, 0.3) is 22.2 Å². The fraction of sp³-hybridized carbons (Fsp3) is 0.571. The Morgan fingerprint density at radius 3 is 2.60 bits per heavy atom. The van der Waals surface area contributed by atoms with Gasteiger partial charge in [0.25, 0.3) is 5.56 Å². The Bertz CT molecular complexity index is 1170. The third-order valence-electron chi connectivity index (χ3n) is 6.93. The molecule has 0 radical (unpaired) electrons. The summed E-state index contributed by atoms with van der Waals surface area (Å²) < 4.78 is 3.76. The molecule has 30 heavy (non-hydrogen) atoms. The second kappa shape index (κ2) is 6.34. The molecule has 4 heterocycles. The van der Waals surface area contributed by atoms with E-state index in [1.165, 1.54) is 25.7 Å². The predicted octanol–water partition coefficient (Wildman–Crippen LogP) is 1.64. The van der Waals surface area contributed by atoms with Crippen LogP contribution in [-0.4, -0.2) is 48.8 Å². The first kappa shape index (κ1) is 18.0. The van der Waals surface area contributed by atoms with Crippen molar-refractivity contribution in [3.05, 3.63) is 22.6 Å². The van der Waals surface area contributed by atoms with Crippen molar-refractivity contribution < 1.29 is 5.11 Å². The van der Waals surface area contributed by atoms with E-state index in [9.17, 15) is 9.90 Å². The van der Waals surface area contributed by atoms with Crippen LogP contribution in [0, 0.1) is 11.8 Å². The summed E-state index contributed by atoms with van der Waals surface area (Å²) in [4.78, 5) is 15.5. The van der Waals surface area contributed by atoms with E-state index in [0.717, 1.165) is 30.0 Å². The van der Waals surface area contributed by atoms with Crippen molar-refractivity contribution in [3.63, 3.8) is 0 Å². The molecule has 3 aromatic heterocycles. The largest absolute Gasteiger partial charge is 0.391 e. The number of aliphatic hydroxyl groups is 1. The number of anilines is 2. The Kier molecular flexibility index (Phi) is 3.80. The number of pyridine rings is 1. The molecule has 1 saturated heterocycles. The number of hydrogen-bond acceptors (Lipinski definition) is 6. The molecule has 1 atom stereocenters. The molecule has 9 heteroatoms. The summed E-state index contributed by atoms with van der Waals surface area (Å²) in [6.45, 7) is 1.41. The summed E-state index contributed by atoms with van der Waals surface area (Å²) in [6.07, 6.45) is 7.17. The van der Waals surface area contributed by atoms with Gasteiger partial charge in [0.1, 0.15) is 11.2 Å². The van der Waals surface area contributed by atoms with Gasteiger partial charge in [-0.25, -0.2) is 0 Å². The maximum Gasteiger partial charge on any atom is 0.264 e. The van der Waals surface area contributed by atoms with E-state index < -0.39 is 0 Å². The number of aromatic amines is 1. The Hall–Kier alpha value is -2.81. The normalized spacial score (nSPS) is 22.0. The fourth-order valence-corrected chi connectivity index (χ4v) is 5.12. The number of nitrogens with one attached hydrogen (secondary N) is 1. The van der Waals surface area contributed by atoms with E-state index in [0.29, 0.717) is 29.3 Å². The second-order valence-electron chi connectivity index (χ2n) is 9.18. The smallest absolute Gasteiger partial charge is 0.264 e. The SMILES string of the molecule is Cn1nc(-c2cn(C(C3CC3)C3CC3)c(=O)c3c(N)n[nH]c23)cc1N1CC[C@H](O)C1. The van der Waals surface area contributed by atoms with E-state index in [1.807, 2.05) is 28.6 Å². The lowest BCUT2D eigenvalue weighted by Crippen LogP contribution is -2.27. The number of fused-ring (bicyclic) bond motifs is 1. The molecular formula is C21H27N7O2. The highest BCUT2D eigenvalue weighted by atomic mass is 16.3. The average Bonchev–Trinajstić information content (AvgIpc) is 3.62. The van der Waals surface area contributed by atoms with Crippen LogP contribution in [0.5, 0.6) is 0 Å². The number of hydrogen-bond donors (Lipinski definition) is 3. The minimum atomic E-state index is -0.304. The zero-order chi connectivity index (χ0) is 20.6. The number of nitrogens with two attached hydrogens (primary N) is 1. The minimum Gasteiger partial charge on any atom is -0.391 e.